The maximum atomic E-state index is 12.7. The first-order valence-electron chi connectivity index (χ1n) is 12.4. The first-order valence-corrected chi connectivity index (χ1v) is 12.4. The second kappa shape index (κ2) is 11.7. The lowest BCUT2D eigenvalue weighted by atomic mass is 10.2. The van der Waals surface area contributed by atoms with E-state index >= 15 is 0 Å². The van der Waals surface area contributed by atoms with E-state index in [2.05, 4.69) is 16.7 Å². The van der Waals surface area contributed by atoms with Crippen LogP contribution in [0.1, 0.15) is 26.2 Å². The second-order valence-corrected chi connectivity index (χ2v) is 8.92. The highest BCUT2D eigenvalue weighted by Crippen LogP contribution is 2.36. The summed E-state index contributed by atoms with van der Waals surface area (Å²) in [4.78, 5) is 28.7. The first-order chi connectivity index (χ1) is 17.0. The van der Waals surface area contributed by atoms with Crippen LogP contribution in [0.25, 0.3) is 10.9 Å². The fourth-order valence-corrected chi connectivity index (χ4v) is 4.52. The number of piperazine rings is 1. The quantitative estimate of drug-likeness (QED) is 0.469. The van der Waals surface area contributed by atoms with Gasteiger partial charge in [0.15, 0.2) is 11.5 Å². The van der Waals surface area contributed by atoms with Crippen LogP contribution >= 0.6 is 0 Å². The molecule has 3 heterocycles. The van der Waals surface area contributed by atoms with Crippen LogP contribution in [-0.2, 0) is 14.3 Å². The number of nitrogens with zero attached hydrogens (tertiary/aromatic N) is 5. The van der Waals surface area contributed by atoms with Crippen LogP contribution in [-0.4, -0.2) is 101 Å². The number of carbonyl (C=O) groups excluding carboxylic acids is 1. The van der Waals surface area contributed by atoms with E-state index in [0.717, 1.165) is 42.6 Å². The van der Waals surface area contributed by atoms with Gasteiger partial charge < -0.3 is 33.6 Å². The Hall–Kier alpha value is -2.85. The molecule has 192 valence electrons. The van der Waals surface area contributed by atoms with Crippen molar-refractivity contribution in [1.29, 1.82) is 0 Å². The fourth-order valence-electron chi connectivity index (χ4n) is 4.52. The van der Waals surface area contributed by atoms with Gasteiger partial charge in [0, 0.05) is 64.4 Å². The largest absolute Gasteiger partial charge is 0.493 e. The number of ether oxygens (including phenoxy) is 4. The molecule has 0 bridgehead atoms. The van der Waals surface area contributed by atoms with Crippen LogP contribution in [0.4, 0.5) is 11.8 Å². The number of carbonyl (C=O) groups is 1. The van der Waals surface area contributed by atoms with Gasteiger partial charge in [-0.15, -0.1) is 0 Å². The van der Waals surface area contributed by atoms with Crippen molar-refractivity contribution in [2.45, 2.75) is 32.3 Å². The molecule has 0 aliphatic carbocycles. The zero-order valence-corrected chi connectivity index (χ0v) is 21.3. The third kappa shape index (κ3) is 5.70. The topological polar surface area (TPSA) is 89.5 Å². The van der Waals surface area contributed by atoms with Gasteiger partial charge in [0.2, 0.25) is 5.95 Å². The molecule has 2 aromatic rings. The van der Waals surface area contributed by atoms with E-state index in [1.54, 1.807) is 14.2 Å². The number of anilines is 2. The predicted octanol–water partition coefficient (Wildman–Crippen LogP) is 2.34. The number of amides is 1. The molecule has 2 saturated heterocycles. The van der Waals surface area contributed by atoms with Gasteiger partial charge in [-0.05, 0) is 25.3 Å². The number of likely N-dealkylation sites (N-methyl/N-ethyl adjacent to an activating group) is 1. The zero-order valence-electron chi connectivity index (χ0n) is 21.3. The number of methoxy groups -OCH3 is 2. The molecule has 1 aromatic heterocycles. The summed E-state index contributed by atoms with van der Waals surface area (Å²) in [7, 11) is 5.25. The predicted molar refractivity (Wildman–Crippen MR) is 135 cm³/mol. The van der Waals surface area contributed by atoms with E-state index in [9.17, 15) is 4.79 Å². The minimum atomic E-state index is -0.281. The molecule has 1 amide bonds. The Morgan fingerprint density at radius 3 is 2.51 bits per heavy atom. The second-order valence-electron chi connectivity index (χ2n) is 8.92. The van der Waals surface area contributed by atoms with Crippen LogP contribution in [0.5, 0.6) is 11.5 Å². The lowest BCUT2D eigenvalue weighted by molar-refractivity contribution is -0.141. The number of benzene rings is 1. The van der Waals surface area contributed by atoms with Gasteiger partial charge >= 0.3 is 0 Å². The maximum Gasteiger partial charge on any atom is 0.251 e. The third-order valence-electron chi connectivity index (χ3n) is 6.53. The van der Waals surface area contributed by atoms with Crippen molar-refractivity contribution in [3.63, 3.8) is 0 Å². The summed E-state index contributed by atoms with van der Waals surface area (Å²) in [6.45, 7) is 7.41. The Balaban J connectivity index is 1.58. The van der Waals surface area contributed by atoms with Gasteiger partial charge in [0.05, 0.1) is 26.3 Å². The van der Waals surface area contributed by atoms with E-state index < -0.39 is 0 Å². The van der Waals surface area contributed by atoms with Crippen LogP contribution in [0, 0.1) is 0 Å². The molecule has 4 rings (SSSR count). The highest BCUT2D eigenvalue weighted by molar-refractivity contribution is 5.93. The van der Waals surface area contributed by atoms with Crippen molar-refractivity contribution in [3.8, 4) is 11.5 Å². The Kier molecular flexibility index (Phi) is 8.46. The summed E-state index contributed by atoms with van der Waals surface area (Å²) >= 11 is 0. The van der Waals surface area contributed by atoms with E-state index in [0.29, 0.717) is 63.4 Å². The van der Waals surface area contributed by atoms with Gasteiger partial charge in [0.25, 0.3) is 5.91 Å². The minimum absolute atomic E-state index is 0.103. The van der Waals surface area contributed by atoms with Crippen LogP contribution in [0.15, 0.2) is 12.1 Å². The molecular weight excluding hydrogens is 450 g/mol. The smallest absolute Gasteiger partial charge is 0.251 e. The number of hydrogen-bond acceptors (Lipinski definition) is 9. The highest BCUT2D eigenvalue weighted by Gasteiger charge is 2.31. The molecule has 2 fully saturated rings. The third-order valence-corrected chi connectivity index (χ3v) is 6.53. The summed E-state index contributed by atoms with van der Waals surface area (Å²) in [6, 6.07) is 3.82. The molecule has 1 atom stereocenters. The van der Waals surface area contributed by atoms with Crippen molar-refractivity contribution in [2.75, 3.05) is 83.6 Å². The standard InChI is InChI=1S/C25H37N5O5/c1-5-13-34-15-12-28(2)23-18-16-21(32-3)22(33-4)17-19(18)26-25(27-23)30-10-8-29(9-11-30)24(31)20-7-6-14-35-20/h16-17,20H,5-15H2,1-4H3. The fraction of sp³-hybridized carbons (Fsp3) is 0.640. The van der Waals surface area contributed by atoms with Gasteiger partial charge in [0.1, 0.15) is 11.9 Å². The van der Waals surface area contributed by atoms with Crippen molar-refractivity contribution in [3.05, 3.63) is 12.1 Å². The Bertz CT molecular complexity index is 1010. The molecule has 10 nitrogen and oxygen atoms in total. The molecule has 0 radical (unpaired) electrons. The molecule has 2 aliphatic rings. The van der Waals surface area contributed by atoms with Crippen LogP contribution in [0.3, 0.4) is 0 Å². The zero-order chi connectivity index (χ0) is 24.8. The Labute approximate surface area is 207 Å². The van der Waals surface area contributed by atoms with Crippen molar-refractivity contribution in [2.24, 2.45) is 0 Å². The van der Waals surface area contributed by atoms with E-state index in [4.69, 9.17) is 28.9 Å². The molecule has 35 heavy (non-hydrogen) atoms. The number of hydrogen-bond donors (Lipinski definition) is 0. The maximum absolute atomic E-state index is 12.7. The van der Waals surface area contributed by atoms with Gasteiger partial charge in [-0.2, -0.15) is 4.98 Å². The molecule has 0 spiro atoms. The summed E-state index contributed by atoms with van der Waals surface area (Å²) in [5, 5.41) is 0.886. The Morgan fingerprint density at radius 2 is 1.86 bits per heavy atom. The van der Waals surface area contributed by atoms with E-state index in [1.807, 2.05) is 24.1 Å². The minimum Gasteiger partial charge on any atom is -0.493 e. The SMILES string of the molecule is CCCOCCN(C)c1nc(N2CCN(C(=O)C3CCCO3)CC2)nc2cc(OC)c(OC)cc12. The van der Waals surface area contributed by atoms with E-state index in [1.165, 1.54) is 0 Å². The molecular formula is C25H37N5O5. The monoisotopic (exact) mass is 487 g/mol. The number of fused-ring (bicyclic) bond motifs is 1. The molecule has 0 saturated carbocycles. The normalized spacial score (nSPS) is 18.2. The molecule has 10 heteroatoms. The first kappa shape index (κ1) is 25.2. The summed E-state index contributed by atoms with van der Waals surface area (Å²) in [5.41, 5.74) is 0.779. The average Bonchev–Trinajstić information content (AvgIpc) is 3.44. The lowest BCUT2D eigenvalue weighted by Crippen LogP contribution is -2.51. The molecule has 0 N–H and O–H groups in total. The summed E-state index contributed by atoms with van der Waals surface area (Å²) < 4.78 is 22.3. The molecule has 1 unspecified atom stereocenters. The van der Waals surface area contributed by atoms with Crippen molar-refractivity contribution >= 4 is 28.6 Å². The average molecular weight is 488 g/mol. The van der Waals surface area contributed by atoms with Crippen LogP contribution < -0.4 is 19.3 Å². The van der Waals surface area contributed by atoms with Gasteiger partial charge in [-0.25, -0.2) is 4.98 Å². The van der Waals surface area contributed by atoms with E-state index in [-0.39, 0.29) is 12.0 Å². The van der Waals surface area contributed by atoms with Crippen LogP contribution in [0.2, 0.25) is 0 Å². The lowest BCUT2D eigenvalue weighted by Gasteiger charge is -2.36. The number of rotatable bonds is 10. The molecule has 1 aromatic carbocycles. The summed E-state index contributed by atoms with van der Waals surface area (Å²) in [6.07, 6.45) is 2.48. The number of aromatic nitrogens is 2. The van der Waals surface area contributed by atoms with Gasteiger partial charge in [-0.1, -0.05) is 6.92 Å². The Morgan fingerprint density at radius 1 is 1.11 bits per heavy atom. The van der Waals surface area contributed by atoms with Crippen molar-refractivity contribution in [1.82, 2.24) is 14.9 Å². The summed E-state index contributed by atoms with van der Waals surface area (Å²) in [5.74, 6) is 2.81. The highest BCUT2D eigenvalue weighted by atomic mass is 16.5. The molecule has 2 aliphatic heterocycles. The van der Waals surface area contributed by atoms with Crippen molar-refractivity contribution < 1.29 is 23.7 Å². The van der Waals surface area contributed by atoms with Gasteiger partial charge in [-0.3, -0.25) is 4.79 Å².